The lowest BCUT2D eigenvalue weighted by Gasteiger charge is -2.11. The molecule has 0 amide bonds. The molecule has 7 heteroatoms. The van der Waals surface area contributed by atoms with Gasteiger partial charge in [-0.25, -0.2) is 19.9 Å². The summed E-state index contributed by atoms with van der Waals surface area (Å²) in [6, 6.07) is 8.12. The number of benzene rings is 1. The fourth-order valence-electron chi connectivity index (χ4n) is 2.28. The number of hydrogen-bond donors (Lipinski definition) is 2. The second-order valence-electron chi connectivity index (χ2n) is 5.87. The molecule has 7 nitrogen and oxygen atoms in total. The van der Waals surface area contributed by atoms with Crippen molar-refractivity contribution in [3.63, 3.8) is 0 Å². The number of nitrogens with one attached hydrogen (secondary N) is 2. The molecule has 0 spiro atoms. The van der Waals surface area contributed by atoms with Crippen molar-refractivity contribution in [3.05, 3.63) is 42.4 Å². The number of rotatable bonds is 6. The Hall–Kier alpha value is -2.80. The molecule has 0 aliphatic rings. The first-order valence-electron chi connectivity index (χ1n) is 7.82. The molecule has 24 heavy (non-hydrogen) atoms. The molecular weight excluding hydrogens is 302 g/mol. The number of aromatic nitrogens is 4. The first kappa shape index (κ1) is 16.1. The van der Waals surface area contributed by atoms with Gasteiger partial charge >= 0.3 is 0 Å². The van der Waals surface area contributed by atoms with E-state index in [-0.39, 0.29) is 0 Å². The third-order valence-corrected chi connectivity index (χ3v) is 3.50. The molecular formula is C17H21N7. The third kappa shape index (κ3) is 3.94. The molecule has 0 fully saturated rings. The number of nitrogens with zero attached hydrogens (tertiary/aromatic N) is 5. The molecule has 1 aromatic carbocycles. The minimum atomic E-state index is 0.575. The zero-order valence-electron chi connectivity index (χ0n) is 14.1. The normalized spacial score (nSPS) is 11.0. The van der Waals surface area contributed by atoms with E-state index >= 15 is 0 Å². The minimum Gasteiger partial charge on any atom is -0.353 e. The minimum absolute atomic E-state index is 0.575. The van der Waals surface area contributed by atoms with Gasteiger partial charge < -0.3 is 15.5 Å². The summed E-state index contributed by atoms with van der Waals surface area (Å²) >= 11 is 0. The van der Waals surface area contributed by atoms with Crippen LogP contribution in [0.3, 0.4) is 0 Å². The molecule has 0 aliphatic heterocycles. The first-order chi connectivity index (χ1) is 11.6. The Kier molecular flexibility index (Phi) is 4.81. The summed E-state index contributed by atoms with van der Waals surface area (Å²) in [7, 11) is 4.06. The number of anilines is 3. The SMILES string of the molecule is Cc1cccc(Nc2ncnc3cnc(NCCN(C)C)nc23)c1. The maximum absolute atomic E-state index is 4.56. The molecule has 3 aromatic rings. The molecule has 0 saturated heterocycles. The van der Waals surface area contributed by atoms with Crippen LogP contribution in [-0.2, 0) is 0 Å². The lowest BCUT2D eigenvalue weighted by atomic mass is 10.2. The molecule has 2 aromatic heterocycles. The van der Waals surface area contributed by atoms with Crippen LogP contribution >= 0.6 is 0 Å². The maximum atomic E-state index is 4.56. The van der Waals surface area contributed by atoms with E-state index in [0.29, 0.717) is 22.8 Å². The summed E-state index contributed by atoms with van der Waals surface area (Å²) in [4.78, 5) is 19.5. The van der Waals surface area contributed by atoms with Gasteiger partial charge in [0.2, 0.25) is 5.95 Å². The van der Waals surface area contributed by atoms with Crippen molar-refractivity contribution < 1.29 is 0 Å². The number of aryl methyl sites for hydroxylation is 1. The number of hydrogen-bond acceptors (Lipinski definition) is 7. The summed E-state index contributed by atoms with van der Waals surface area (Å²) in [5.74, 6) is 1.25. The van der Waals surface area contributed by atoms with Crippen LogP contribution in [0, 0.1) is 6.92 Å². The van der Waals surface area contributed by atoms with Gasteiger partial charge in [-0.2, -0.15) is 0 Å². The fraction of sp³-hybridized carbons (Fsp3) is 0.294. The van der Waals surface area contributed by atoms with Crippen molar-refractivity contribution in [3.8, 4) is 0 Å². The van der Waals surface area contributed by atoms with Crippen LogP contribution in [0.5, 0.6) is 0 Å². The van der Waals surface area contributed by atoms with Crippen LogP contribution in [-0.4, -0.2) is 52.0 Å². The molecule has 0 atom stereocenters. The standard InChI is InChI=1S/C17H21N7/c1-12-5-4-6-13(9-12)22-16-15-14(20-11-21-16)10-19-17(23-15)18-7-8-24(2)3/h4-6,9-11H,7-8H2,1-3H3,(H,18,19,23)(H,20,21,22). The Balaban J connectivity index is 1.87. The van der Waals surface area contributed by atoms with Gasteiger partial charge in [0.05, 0.1) is 6.20 Å². The summed E-state index contributed by atoms with van der Waals surface area (Å²) < 4.78 is 0. The van der Waals surface area contributed by atoms with E-state index < -0.39 is 0 Å². The van der Waals surface area contributed by atoms with E-state index in [4.69, 9.17) is 0 Å². The second kappa shape index (κ2) is 7.18. The number of fused-ring (bicyclic) bond motifs is 1. The summed E-state index contributed by atoms with van der Waals surface area (Å²) in [6.45, 7) is 3.73. The van der Waals surface area contributed by atoms with Crippen molar-refractivity contribution in [1.29, 1.82) is 0 Å². The Morgan fingerprint density at radius 1 is 1.12 bits per heavy atom. The van der Waals surface area contributed by atoms with Crippen LogP contribution in [0.4, 0.5) is 17.5 Å². The smallest absolute Gasteiger partial charge is 0.223 e. The van der Waals surface area contributed by atoms with Gasteiger partial charge in [-0.05, 0) is 38.7 Å². The Labute approximate surface area is 141 Å². The highest BCUT2D eigenvalue weighted by Crippen LogP contribution is 2.22. The molecule has 2 N–H and O–H groups in total. The maximum Gasteiger partial charge on any atom is 0.223 e. The van der Waals surface area contributed by atoms with Gasteiger partial charge in [-0.3, -0.25) is 0 Å². The predicted molar refractivity (Wildman–Crippen MR) is 96.6 cm³/mol. The van der Waals surface area contributed by atoms with Gasteiger partial charge in [0.1, 0.15) is 17.4 Å². The molecule has 0 bridgehead atoms. The van der Waals surface area contributed by atoms with Crippen LogP contribution in [0.1, 0.15) is 5.56 Å². The van der Waals surface area contributed by atoms with Gasteiger partial charge in [-0.15, -0.1) is 0 Å². The Bertz CT molecular complexity index is 832. The van der Waals surface area contributed by atoms with E-state index in [2.05, 4.69) is 54.5 Å². The van der Waals surface area contributed by atoms with Gasteiger partial charge in [-0.1, -0.05) is 12.1 Å². The van der Waals surface area contributed by atoms with Gasteiger partial charge in [0.25, 0.3) is 0 Å². The van der Waals surface area contributed by atoms with Crippen LogP contribution in [0.25, 0.3) is 11.0 Å². The largest absolute Gasteiger partial charge is 0.353 e. The lowest BCUT2D eigenvalue weighted by molar-refractivity contribution is 0.425. The lowest BCUT2D eigenvalue weighted by Crippen LogP contribution is -2.21. The van der Waals surface area contributed by atoms with E-state index in [1.807, 2.05) is 26.2 Å². The van der Waals surface area contributed by atoms with Crippen molar-refractivity contribution in [2.75, 3.05) is 37.8 Å². The average molecular weight is 323 g/mol. The fourth-order valence-corrected chi connectivity index (χ4v) is 2.28. The molecule has 0 unspecified atom stereocenters. The molecule has 0 saturated carbocycles. The summed E-state index contributed by atoms with van der Waals surface area (Å²) in [5.41, 5.74) is 3.55. The van der Waals surface area contributed by atoms with Crippen molar-refractivity contribution in [1.82, 2.24) is 24.8 Å². The highest BCUT2D eigenvalue weighted by atomic mass is 15.1. The monoisotopic (exact) mass is 323 g/mol. The molecule has 3 rings (SSSR count). The number of likely N-dealkylation sites (N-methyl/N-ethyl adjacent to an activating group) is 1. The summed E-state index contributed by atoms with van der Waals surface area (Å²) in [5, 5.41) is 6.53. The topological polar surface area (TPSA) is 78.9 Å². The van der Waals surface area contributed by atoms with Crippen molar-refractivity contribution >= 4 is 28.5 Å². The highest BCUT2D eigenvalue weighted by Gasteiger charge is 2.08. The van der Waals surface area contributed by atoms with E-state index in [1.165, 1.54) is 11.9 Å². The molecule has 2 heterocycles. The van der Waals surface area contributed by atoms with E-state index in [1.54, 1.807) is 6.20 Å². The van der Waals surface area contributed by atoms with E-state index in [0.717, 1.165) is 18.8 Å². The van der Waals surface area contributed by atoms with Crippen LogP contribution in [0.2, 0.25) is 0 Å². The first-order valence-corrected chi connectivity index (χ1v) is 7.82. The highest BCUT2D eigenvalue weighted by molar-refractivity contribution is 5.87. The zero-order valence-corrected chi connectivity index (χ0v) is 14.1. The third-order valence-electron chi connectivity index (χ3n) is 3.50. The van der Waals surface area contributed by atoms with Gasteiger partial charge in [0, 0.05) is 18.8 Å². The molecule has 124 valence electrons. The molecule has 0 radical (unpaired) electrons. The quantitative estimate of drug-likeness (QED) is 0.721. The van der Waals surface area contributed by atoms with Crippen molar-refractivity contribution in [2.45, 2.75) is 6.92 Å². The van der Waals surface area contributed by atoms with Gasteiger partial charge in [0.15, 0.2) is 5.82 Å². The Morgan fingerprint density at radius 2 is 2.00 bits per heavy atom. The zero-order chi connectivity index (χ0) is 16.9. The summed E-state index contributed by atoms with van der Waals surface area (Å²) in [6.07, 6.45) is 3.23. The molecule has 0 aliphatic carbocycles. The second-order valence-corrected chi connectivity index (χ2v) is 5.87. The van der Waals surface area contributed by atoms with Crippen LogP contribution in [0.15, 0.2) is 36.8 Å². The van der Waals surface area contributed by atoms with E-state index in [9.17, 15) is 0 Å². The Morgan fingerprint density at radius 3 is 2.79 bits per heavy atom. The van der Waals surface area contributed by atoms with Crippen LogP contribution < -0.4 is 10.6 Å². The van der Waals surface area contributed by atoms with Crippen molar-refractivity contribution in [2.24, 2.45) is 0 Å². The predicted octanol–water partition coefficient (Wildman–Crippen LogP) is 2.45. The average Bonchev–Trinajstić information content (AvgIpc) is 2.55.